The Balaban J connectivity index is 2.11. The Kier molecular flexibility index (Phi) is 8.07. The Morgan fingerprint density at radius 3 is 1.81 bits per heavy atom. The highest BCUT2D eigenvalue weighted by Crippen LogP contribution is 2.36. The second kappa shape index (κ2) is 11.0. The number of nitrogens with one attached hydrogen (secondary N) is 1. The first-order chi connectivity index (χ1) is 15.0. The number of benzene rings is 3. The quantitative estimate of drug-likeness (QED) is 0.277. The molecule has 0 heterocycles. The smallest absolute Gasteiger partial charge is 0.229 e. The summed E-state index contributed by atoms with van der Waals surface area (Å²) < 4.78 is 25.7. The van der Waals surface area contributed by atoms with Gasteiger partial charge in [0.05, 0.1) is 6.26 Å². The van der Waals surface area contributed by atoms with Crippen molar-refractivity contribution in [2.75, 3.05) is 11.0 Å². The van der Waals surface area contributed by atoms with E-state index in [4.69, 9.17) is 0 Å². The van der Waals surface area contributed by atoms with Gasteiger partial charge in [0.15, 0.2) is 0 Å². The number of anilines is 1. The molecule has 0 radical (unpaired) electrons. The Hall–Kier alpha value is -2.85. The maximum absolute atomic E-state index is 11.6. The SMILES string of the molecule is CCCCCC/C(=C(\c1ccccc1)c1ccc(NS(C)(=O)=O)cc1)c1ccccc1. The molecule has 3 rings (SSSR count). The van der Waals surface area contributed by atoms with Gasteiger partial charge in [-0.2, -0.15) is 0 Å². The molecule has 3 aromatic carbocycles. The van der Waals surface area contributed by atoms with Gasteiger partial charge < -0.3 is 0 Å². The van der Waals surface area contributed by atoms with Gasteiger partial charge in [0.2, 0.25) is 10.0 Å². The summed E-state index contributed by atoms with van der Waals surface area (Å²) in [5, 5.41) is 0. The van der Waals surface area contributed by atoms with Crippen LogP contribution in [0, 0.1) is 0 Å². The van der Waals surface area contributed by atoms with Gasteiger partial charge in [0, 0.05) is 5.69 Å². The number of unbranched alkanes of at least 4 members (excludes halogenated alkanes) is 3. The van der Waals surface area contributed by atoms with Crippen molar-refractivity contribution in [3.63, 3.8) is 0 Å². The lowest BCUT2D eigenvalue weighted by atomic mass is 9.87. The van der Waals surface area contributed by atoms with E-state index in [0.29, 0.717) is 5.69 Å². The van der Waals surface area contributed by atoms with E-state index in [1.807, 2.05) is 36.4 Å². The van der Waals surface area contributed by atoms with Gasteiger partial charge in [0.25, 0.3) is 0 Å². The fraction of sp³-hybridized carbons (Fsp3) is 0.259. The van der Waals surface area contributed by atoms with Crippen LogP contribution in [0.2, 0.25) is 0 Å². The second-order valence-electron chi connectivity index (χ2n) is 7.85. The van der Waals surface area contributed by atoms with Crippen molar-refractivity contribution in [2.24, 2.45) is 0 Å². The van der Waals surface area contributed by atoms with Crippen LogP contribution in [0.5, 0.6) is 0 Å². The van der Waals surface area contributed by atoms with E-state index in [1.165, 1.54) is 47.8 Å². The van der Waals surface area contributed by atoms with Crippen molar-refractivity contribution < 1.29 is 8.42 Å². The molecular formula is C27H31NO2S. The second-order valence-corrected chi connectivity index (χ2v) is 9.60. The highest BCUT2D eigenvalue weighted by Gasteiger charge is 2.14. The number of sulfonamides is 1. The van der Waals surface area contributed by atoms with Crippen molar-refractivity contribution in [3.8, 4) is 0 Å². The van der Waals surface area contributed by atoms with E-state index in [9.17, 15) is 8.42 Å². The van der Waals surface area contributed by atoms with Crippen LogP contribution in [0.1, 0.15) is 55.7 Å². The summed E-state index contributed by atoms with van der Waals surface area (Å²) >= 11 is 0. The molecule has 0 saturated carbocycles. The normalized spacial score (nSPS) is 12.3. The van der Waals surface area contributed by atoms with Gasteiger partial charge >= 0.3 is 0 Å². The molecule has 3 nitrogen and oxygen atoms in total. The first-order valence-corrected chi connectivity index (χ1v) is 12.8. The number of allylic oxidation sites excluding steroid dienone is 1. The molecule has 0 amide bonds. The van der Waals surface area contributed by atoms with Crippen LogP contribution in [0.3, 0.4) is 0 Å². The Bertz CT molecular complexity index is 1090. The van der Waals surface area contributed by atoms with Crippen LogP contribution in [-0.4, -0.2) is 14.7 Å². The van der Waals surface area contributed by atoms with E-state index in [2.05, 4.69) is 60.2 Å². The van der Waals surface area contributed by atoms with Crippen LogP contribution in [0.15, 0.2) is 84.9 Å². The Morgan fingerprint density at radius 2 is 1.26 bits per heavy atom. The number of hydrogen-bond acceptors (Lipinski definition) is 2. The lowest BCUT2D eigenvalue weighted by molar-refractivity contribution is 0.607. The summed E-state index contributed by atoms with van der Waals surface area (Å²) in [5.41, 5.74) is 6.58. The predicted octanol–water partition coefficient (Wildman–Crippen LogP) is 6.99. The minimum absolute atomic E-state index is 0.572. The minimum atomic E-state index is -3.30. The molecular weight excluding hydrogens is 402 g/mol. The van der Waals surface area contributed by atoms with E-state index in [1.54, 1.807) is 0 Å². The van der Waals surface area contributed by atoms with Crippen LogP contribution in [0.25, 0.3) is 11.1 Å². The maximum atomic E-state index is 11.6. The van der Waals surface area contributed by atoms with Gasteiger partial charge in [-0.25, -0.2) is 8.42 Å². The predicted molar refractivity (Wildman–Crippen MR) is 132 cm³/mol. The maximum Gasteiger partial charge on any atom is 0.229 e. The average Bonchev–Trinajstić information content (AvgIpc) is 2.77. The van der Waals surface area contributed by atoms with Crippen molar-refractivity contribution >= 4 is 26.9 Å². The van der Waals surface area contributed by atoms with E-state index in [0.717, 1.165) is 18.4 Å². The van der Waals surface area contributed by atoms with Gasteiger partial charge in [-0.15, -0.1) is 0 Å². The van der Waals surface area contributed by atoms with Crippen LogP contribution < -0.4 is 4.72 Å². The zero-order valence-corrected chi connectivity index (χ0v) is 19.2. The molecule has 4 heteroatoms. The highest BCUT2D eigenvalue weighted by molar-refractivity contribution is 7.92. The Labute approximate surface area is 186 Å². The summed E-state index contributed by atoms with van der Waals surface area (Å²) in [6.45, 7) is 2.23. The molecule has 0 atom stereocenters. The molecule has 31 heavy (non-hydrogen) atoms. The molecule has 1 N–H and O–H groups in total. The third-order valence-electron chi connectivity index (χ3n) is 5.24. The monoisotopic (exact) mass is 433 g/mol. The zero-order chi connectivity index (χ0) is 22.1. The topological polar surface area (TPSA) is 46.2 Å². The molecule has 0 aliphatic heterocycles. The molecule has 0 saturated heterocycles. The summed E-state index contributed by atoms with van der Waals surface area (Å²) in [5.74, 6) is 0. The summed E-state index contributed by atoms with van der Waals surface area (Å²) in [6.07, 6.45) is 6.98. The van der Waals surface area contributed by atoms with Gasteiger partial charge in [-0.05, 0) is 52.8 Å². The lowest BCUT2D eigenvalue weighted by Crippen LogP contribution is -2.09. The first-order valence-electron chi connectivity index (χ1n) is 10.9. The third-order valence-corrected chi connectivity index (χ3v) is 5.85. The van der Waals surface area contributed by atoms with E-state index in [-0.39, 0.29) is 0 Å². The van der Waals surface area contributed by atoms with Gasteiger partial charge in [-0.3, -0.25) is 4.72 Å². The molecule has 0 spiro atoms. The standard InChI is InChI=1S/C27H31NO2S/c1-3-4-5-12-17-26(22-13-8-6-9-14-22)27(23-15-10-7-11-16-23)24-18-20-25(21-19-24)28-31(2,29)30/h6-11,13-16,18-21,28H,3-5,12,17H2,1-2H3/b27-26-. The third kappa shape index (κ3) is 6.83. The molecule has 3 aromatic rings. The van der Waals surface area contributed by atoms with Crippen LogP contribution >= 0.6 is 0 Å². The van der Waals surface area contributed by atoms with Crippen molar-refractivity contribution in [2.45, 2.75) is 39.0 Å². The highest BCUT2D eigenvalue weighted by atomic mass is 32.2. The van der Waals surface area contributed by atoms with Crippen LogP contribution in [0.4, 0.5) is 5.69 Å². The molecule has 0 unspecified atom stereocenters. The van der Waals surface area contributed by atoms with Crippen molar-refractivity contribution in [1.82, 2.24) is 0 Å². The first kappa shape index (κ1) is 22.8. The lowest BCUT2D eigenvalue weighted by Gasteiger charge is -2.18. The molecule has 0 fully saturated rings. The fourth-order valence-electron chi connectivity index (χ4n) is 3.82. The molecule has 0 bridgehead atoms. The number of hydrogen-bond donors (Lipinski definition) is 1. The Morgan fingerprint density at radius 1 is 0.710 bits per heavy atom. The summed E-state index contributed by atoms with van der Waals surface area (Å²) in [4.78, 5) is 0. The van der Waals surface area contributed by atoms with Crippen molar-refractivity contribution in [3.05, 3.63) is 102 Å². The minimum Gasteiger partial charge on any atom is -0.284 e. The van der Waals surface area contributed by atoms with E-state index < -0.39 is 10.0 Å². The van der Waals surface area contributed by atoms with Gasteiger partial charge in [-0.1, -0.05) is 99.0 Å². The van der Waals surface area contributed by atoms with E-state index >= 15 is 0 Å². The molecule has 0 aliphatic rings. The largest absolute Gasteiger partial charge is 0.284 e. The van der Waals surface area contributed by atoms with Crippen LogP contribution in [-0.2, 0) is 10.0 Å². The molecule has 0 aliphatic carbocycles. The summed E-state index contributed by atoms with van der Waals surface area (Å²) in [6, 6.07) is 28.7. The average molecular weight is 434 g/mol. The zero-order valence-electron chi connectivity index (χ0n) is 18.3. The number of rotatable bonds is 10. The molecule has 0 aromatic heterocycles. The van der Waals surface area contributed by atoms with Crippen molar-refractivity contribution in [1.29, 1.82) is 0 Å². The molecule has 162 valence electrons. The summed E-state index contributed by atoms with van der Waals surface area (Å²) in [7, 11) is -3.30. The van der Waals surface area contributed by atoms with Gasteiger partial charge in [0.1, 0.15) is 0 Å². The fourth-order valence-corrected chi connectivity index (χ4v) is 4.38.